The van der Waals surface area contributed by atoms with E-state index >= 15 is 0 Å². The first kappa shape index (κ1) is 14.2. The molecule has 21 heavy (non-hydrogen) atoms. The summed E-state index contributed by atoms with van der Waals surface area (Å²) in [6, 6.07) is 12.2. The molecule has 1 aliphatic heterocycles. The molecule has 3 N–H and O–H groups in total. The Labute approximate surface area is 132 Å². The number of amides is 1. The summed E-state index contributed by atoms with van der Waals surface area (Å²) in [5.41, 5.74) is 8.17. The van der Waals surface area contributed by atoms with Crippen molar-refractivity contribution in [3.8, 4) is 0 Å². The number of para-hydroxylation sites is 1. The van der Waals surface area contributed by atoms with E-state index in [2.05, 4.69) is 5.32 Å². The van der Waals surface area contributed by atoms with Crippen LogP contribution in [-0.2, 0) is 4.79 Å². The number of hydrogen-bond donors (Lipinski definition) is 2. The lowest BCUT2D eigenvalue weighted by atomic mass is 10.2. The van der Waals surface area contributed by atoms with Gasteiger partial charge in [-0.1, -0.05) is 35.3 Å². The van der Waals surface area contributed by atoms with Crippen LogP contribution in [0.4, 0.5) is 17.1 Å². The number of benzene rings is 2. The number of nitrogens with two attached hydrogens (primary N) is 1. The van der Waals surface area contributed by atoms with Gasteiger partial charge in [0.25, 0.3) is 0 Å². The van der Waals surface area contributed by atoms with E-state index in [1.165, 1.54) is 0 Å². The first-order chi connectivity index (χ1) is 10.1. The molecule has 1 heterocycles. The van der Waals surface area contributed by atoms with Gasteiger partial charge in [0.1, 0.15) is 6.04 Å². The lowest BCUT2D eigenvalue weighted by Crippen LogP contribution is -2.41. The van der Waals surface area contributed by atoms with Crippen molar-refractivity contribution in [3.05, 3.63) is 52.5 Å². The maximum Gasteiger partial charge on any atom is 0.243 e. The van der Waals surface area contributed by atoms with Crippen molar-refractivity contribution in [3.63, 3.8) is 0 Å². The molecule has 0 bridgehead atoms. The topological polar surface area (TPSA) is 58.4 Å². The molecule has 3 rings (SSSR count). The normalized spacial score (nSPS) is 18.0. The molecular weight excluding hydrogens is 309 g/mol. The summed E-state index contributed by atoms with van der Waals surface area (Å²) in [6.45, 7) is 0.347. The van der Waals surface area contributed by atoms with Crippen LogP contribution in [0.25, 0.3) is 0 Å². The molecular formula is C15H13Cl2N3O. The Bertz CT molecular complexity index is 705. The Hall–Kier alpha value is -1.75. The zero-order chi connectivity index (χ0) is 15.0. The van der Waals surface area contributed by atoms with Crippen LogP contribution in [0.3, 0.4) is 0 Å². The molecule has 0 fully saturated rings. The first-order valence-corrected chi connectivity index (χ1v) is 7.20. The van der Waals surface area contributed by atoms with Crippen molar-refractivity contribution in [1.82, 2.24) is 0 Å². The standard InChI is InChI=1S/C15H13Cl2N3O/c16-9-3-1-4-10(7-9)20-8-12(18)15(21)19-14-11(17)5-2-6-13(14)20/h1-7,12H,8,18H2,(H,19,21)/t12-/m0/s1. The van der Waals surface area contributed by atoms with Crippen LogP contribution in [0.5, 0.6) is 0 Å². The maximum atomic E-state index is 12.0. The maximum absolute atomic E-state index is 12.0. The highest BCUT2D eigenvalue weighted by atomic mass is 35.5. The molecule has 0 aromatic heterocycles. The third-order valence-electron chi connectivity index (χ3n) is 3.37. The highest BCUT2D eigenvalue weighted by Gasteiger charge is 2.27. The number of fused-ring (bicyclic) bond motifs is 1. The highest BCUT2D eigenvalue weighted by molar-refractivity contribution is 6.34. The molecule has 0 aliphatic carbocycles. The van der Waals surface area contributed by atoms with Gasteiger partial charge < -0.3 is 16.0 Å². The Morgan fingerprint density at radius 3 is 2.71 bits per heavy atom. The zero-order valence-electron chi connectivity index (χ0n) is 11.0. The quantitative estimate of drug-likeness (QED) is 0.846. The number of carbonyl (C=O) groups is 1. The van der Waals surface area contributed by atoms with E-state index in [0.29, 0.717) is 22.3 Å². The number of anilines is 3. The molecule has 1 amide bonds. The molecule has 0 saturated heterocycles. The summed E-state index contributed by atoms with van der Waals surface area (Å²) in [5, 5.41) is 3.88. The molecule has 0 radical (unpaired) electrons. The number of rotatable bonds is 1. The fraction of sp³-hybridized carbons (Fsp3) is 0.133. The second-order valence-electron chi connectivity index (χ2n) is 4.82. The average Bonchev–Trinajstić information content (AvgIpc) is 2.58. The summed E-state index contributed by atoms with van der Waals surface area (Å²) in [6.07, 6.45) is 0. The lowest BCUT2D eigenvalue weighted by molar-refractivity contribution is -0.117. The van der Waals surface area contributed by atoms with Crippen molar-refractivity contribution < 1.29 is 4.79 Å². The van der Waals surface area contributed by atoms with Crippen LogP contribution < -0.4 is 16.0 Å². The van der Waals surface area contributed by atoms with E-state index in [1.54, 1.807) is 12.1 Å². The Morgan fingerprint density at radius 2 is 1.95 bits per heavy atom. The molecule has 1 aliphatic rings. The van der Waals surface area contributed by atoms with Gasteiger partial charge in [0.2, 0.25) is 5.91 Å². The van der Waals surface area contributed by atoms with Crippen LogP contribution in [0, 0.1) is 0 Å². The third-order valence-corrected chi connectivity index (χ3v) is 3.92. The monoisotopic (exact) mass is 321 g/mol. The van der Waals surface area contributed by atoms with E-state index in [4.69, 9.17) is 28.9 Å². The van der Waals surface area contributed by atoms with Gasteiger partial charge in [-0.3, -0.25) is 4.79 Å². The largest absolute Gasteiger partial charge is 0.338 e. The van der Waals surface area contributed by atoms with E-state index in [9.17, 15) is 4.79 Å². The average molecular weight is 322 g/mol. The predicted molar refractivity (Wildman–Crippen MR) is 86.5 cm³/mol. The van der Waals surface area contributed by atoms with Gasteiger partial charge in [-0.05, 0) is 30.3 Å². The van der Waals surface area contributed by atoms with Gasteiger partial charge >= 0.3 is 0 Å². The molecule has 1 atom stereocenters. The number of hydrogen-bond acceptors (Lipinski definition) is 3. The number of nitrogens with one attached hydrogen (secondary N) is 1. The smallest absolute Gasteiger partial charge is 0.243 e. The van der Waals surface area contributed by atoms with Gasteiger partial charge in [0.15, 0.2) is 0 Å². The van der Waals surface area contributed by atoms with Crippen LogP contribution in [0.2, 0.25) is 10.0 Å². The second kappa shape index (κ2) is 5.56. The molecule has 0 unspecified atom stereocenters. The van der Waals surface area contributed by atoms with Crippen molar-refractivity contribution in [2.75, 3.05) is 16.8 Å². The van der Waals surface area contributed by atoms with Crippen LogP contribution in [0.1, 0.15) is 0 Å². The number of halogens is 2. The van der Waals surface area contributed by atoms with Crippen molar-refractivity contribution >= 4 is 46.2 Å². The summed E-state index contributed by atoms with van der Waals surface area (Å²) in [4.78, 5) is 14.0. The van der Waals surface area contributed by atoms with E-state index < -0.39 is 6.04 Å². The van der Waals surface area contributed by atoms with Crippen molar-refractivity contribution in [2.45, 2.75) is 6.04 Å². The van der Waals surface area contributed by atoms with Gasteiger partial charge in [-0.25, -0.2) is 0 Å². The van der Waals surface area contributed by atoms with Crippen LogP contribution in [-0.4, -0.2) is 18.5 Å². The molecule has 2 aromatic rings. The van der Waals surface area contributed by atoms with Gasteiger partial charge in [0, 0.05) is 17.3 Å². The highest BCUT2D eigenvalue weighted by Crippen LogP contribution is 2.39. The first-order valence-electron chi connectivity index (χ1n) is 6.44. The summed E-state index contributed by atoms with van der Waals surface area (Å²) >= 11 is 12.3. The van der Waals surface area contributed by atoms with E-state index in [0.717, 1.165) is 11.4 Å². The van der Waals surface area contributed by atoms with Crippen LogP contribution >= 0.6 is 23.2 Å². The molecule has 0 saturated carbocycles. The molecule has 0 spiro atoms. The summed E-state index contributed by atoms with van der Waals surface area (Å²) in [5.74, 6) is -0.256. The fourth-order valence-electron chi connectivity index (χ4n) is 2.34. The van der Waals surface area contributed by atoms with Crippen LogP contribution in [0.15, 0.2) is 42.5 Å². The third kappa shape index (κ3) is 2.70. The molecule has 4 nitrogen and oxygen atoms in total. The fourth-order valence-corrected chi connectivity index (χ4v) is 2.75. The minimum Gasteiger partial charge on any atom is -0.338 e. The SMILES string of the molecule is N[C@H]1CN(c2cccc(Cl)c2)c2cccc(Cl)c2NC1=O. The minimum absolute atomic E-state index is 0.256. The Kier molecular flexibility index (Phi) is 3.76. The number of nitrogens with zero attached hydrogens (tertiary/aromatic N) is 1. The molecule has 6 heteroatoms. The Morgan fingerprint density at radius 1 is 1.19 bits per heavy atom. The zero-order valence-corrected chi connectivity index (χ0v) is 12.5. The summed E-state index contributed by atoms with van der Waals surface area (Å²) < 4.78 is 0. The van der Waals surface area contributed by atoms with Gasteiger partial charge in [-0.15, -0.1) is 0 Å². The molecule has 108 valence electrons. The predicted octanol–water partition coefficient (Wildman–Crippen LogP) is 3.41. The van der Waals surface area contributed by atoms with E-state index in [-0.39, 0.29) is 5.91 Å². The minimum atomic E-state index is -0.660. The van der Waals surface area contributed by atoms with Gasteiger partial charge in [-0.2, -0.15) is 0 Å². The Balaban J connectivity index is 2.16. The second-order valence-corrected chi connectivity index (χ2v) is 5.66. The summed E-state index contributed by atoms with van der Waals surface area (Å²) in [7, 11) is 0. The van der Waals surface area contributed by atoms with Gasteiger partial charge in [0.05, 0.1) is 16.4 Å². The molecule has 2 aromatic carbocycles. The lowest BCUT2D eigenvalue weighted by Gasteiger charge is -2.26. The van der Waals surface area contributed by atoms with E-state index in [1.807, 2.05) is 35.2 Å². The number of carbonyl (C=O) groups excluding carboxylic acids is 1. The van der Waals surface area contributed by atoms with Crippen molar-refractivity contribution in [2.24, 2.45) is 5.73 Å². The van der Waals surface area contributed by atoms with Crippen molar-refractivity contribution in [1.29, 1.82) is 0 Å².